The molecule has 3 rings (SSSR count). The SMILES string of the molecule is CN(C)CCCN1C(=O)C(=O)/C(=C(/O)c2ccncc2)C1c1ccc(O)cc1. The number of rotatable bonds is 6. The van der Waals surface area contributed by atoms with Gasteiger partial charge in [0, 0.05) is 24.5 Å². The van der Waals surface area contributed by atoms with E-state index in [2.05, 4.69) is 4.98 Å². The van der Waals surface area contributed by atoms with Crippen molar-refractivity contribution in [3.63, 3.8) is 0 Å². The van der Waals surface area contributed by atoms with Crippen LogP contribution in [0.15, 0.2) is 54.4 Å². The number of amides is 1. The van der Waals surface area contributed by atoms with Crippen LogP contribution in [0.3, 0.4) is 0 Å². The molecule has 2 heterocycles. The van der Waals surface area contributed by atoms with Gasteiger partial charge in [0.05, 0.1) is 11.6 Å². The molecule has 1 aromatic heterocycles. The highest BCUT2D eigenvalue weighted by Gasteiger charge is 2.45. The van der Waals surface area contributed by atoms with Gasteiger partial charge >= 0.3 is 0 Å². The zero-order valence-electron chi connectivity index (χ0n) is 15.9. The normalized spacial score (nSPS) is 18.8. The third-order valence-electron chi connectivity index (χ3n) is 4.71. The van der Waals surface area contributed by atoms with Gasteiger partial charge in [-0.15, -0.1) is 0 Å². The number of Topliss-reactive ketones (excluding diaryl/α,β-unsaturated/α-hetero) is 1. The number of hydrogen-bond donors (Lipinski definition) is 2. The molecule has 0 saturated carbocycles. The summed E-state index contributed by atoms with van der Waals surface area (Å²) < 4.78 is 0. The molecule has 1 saturated heterocycles. The Morgan fingerprint density at radius 1 is 1.11 bits per heavy atom. The topological polar surface area (TPSA) is 94.0 Å². The van der Waals surface area contributed by atoms with Crippen molar-refractivity contribution in [1.82, 2.24) is 14.8 Å². The average molecular weight is 381 g/mol. The number of nitrogens with zero attached hydrogens (tertiary/aromatic N) is 3. The lowest BCUT2D eigenvalue weighted by Gasteiger charge is -2.26. The fourth-order valence-electron chi connectivity index (χ4n) is 3.34. The first kappa shape index (κ1) is 19.6. The molecule has 146 valence electrons. The van der Waals surface area contributed by atoms with Crippen molar-refractivity contribution >= 4 is 17.4 Å². The number of aromatic nitrogens is 1. The maximum Gasteiger partial charge on any atom is 0.295 e. The third kappa shape index (κ3) is 3.89. The molecule has 1 aliphatic heterocycles. The third-order valence-corrected chi connectivity index (χ3v) is 4.71. The Morgan fingerprint density at radius 3 is 2.36 bits per heavy atom. The number of phenolic OH excluding ortho intramolecular Hbond substituents is 1. The van der Waals surface area contributed by atoms with Gasteiger partial charge in [-0.05, 0) is 56.9 Å². The predicted octanol–water partition coefficient (Wildman–Crippen LogP) is 2.16. The van der Waals surface area contributed by atoms with Crippen LogP contribution in [-0.4, -0.2) is 63.9 Å². The molecular weight excluding hydrogens is 358 g/mol. The second kappa shape index (κ2) is 8.22. The van der Waals surface area contributed by atoms with Gasteiger partial charge in [-0.25, -0.2) is 0 Å². The summed E-state index contributed by atoms with van der Waals surface area (Å²) in [5, 5.41) is 20.4. The zero-order valence-corrected chi connectivity index (χ0v) is 15.9. The molecule has 1 unspecified atom stereocenters. The number of aliphatic hydroxyl groups is 1. The van der Waals surface area contributed by atoms with Gasteiger partial charge in [0.15, 0.2) is 0 Å². The van der Waals surface area contributed by atoms with E-state index in [1.54, 1.807) is 24.3 Å². The van der Waals surface area contributed by atoms with Crippen LogP contribution in [0.2, 0.25) is 0 Å². The van der Waals surface area contributed by atoms with Crippen molar-refractivity contribution < 1.29 is 19.8 Å². The van der Waals surface area contributed by atoms with E-state index in [0.29, 0.717) is 24.1 Å². The lowest BCUT2D eigenvalue weighted by Crippen LogP contribution is -2.32. The summed E-state index contributed by atoms with van der Waals surface area (Å²) in [6.07, 6.45) is 3.71. The molecule has 7 nitrogen and oxygen atoms in total. The average Bonchev–Trinajstić information content (AvgIpc) is 2.93. The van der Waals surface area contributed by atoms with Crippen LogP contribution >= 0.6 is 0 Å². The number of pyridine rings is 1. The van der Waals surface area contributed by atoms with E-state index >= 15 is 0 Å². The van der Waals surface area contributed by atoms with Crippen LogP contribution in [-0.2, 0) is 9.59 Å². The van der Waals surface area contributed by atoms with Gasteiger partial charge in [-0.1, -0.05) is 12.1 Å². The Morgan fingerprint density at radius 2 is 1.75 bits per heavy atom. The maximum atomic E-state index is 12.8. The summed E-state index contributed by atoms with van der Waals surface area (Å²) in [6, 6.07) is 8.78. The van der Waals surface area contributed by atoms with Crippen LogP contribution in [0, 0.1) is 0 Å². The zero-order chi connectivity index (χ0) is 20.3. The monoisotopic (exact) mass is 381 g/mol. The quantitative estimate of drug-likeness (QED) is 0.452. The second-order valence-electron chi connectivity index (χ2n) is 6.98. The van der Waals surface area contributed by atoms with Crippen molar-refractivity contribution in [2.24, 2.45) is 0 Å². The van der Waals surface area contributed by atoms with E-state index in [-0.39, 0.29) is 17.1 Å². The molecule has 1 atom stereocenters. The Balaban J connectivity index is 2.07. The fraction of sp³-hybridized carbons (Fsp3) is 0.286. The van der Waals surface area contributed by atoms with Crippen molar-refractivity contribution in [2.75, 3.05) is 27.2 Å². The lowest BCUT2D eigenvalue weighted by molar-refractivity contribution is -0.139. The number of aliphatic hydroxyl groups excluding tert-OH is 1. The fourth-order valence-corrected chi connectivity index (χ4v) is 3.34. The van der Waals surface area contributed by atoms with Crippen LogP contribution < -0.4 is 0 Å². The van der Waals surface area contributed by atoms with E-state index in [0.717, 1.165) is 6.54 Å². The minimum Gasteiger partial charge on any atom is -0.508 e. The number of likely N-dealkylation sites (tertiary alicyclic amines) is 1. The Hall–Kier alpha value is -3.19. The van der Waals surface area contributed by atoms with Gasteiger partial charge in [0.1, 0.15) is 11.5 Å². The van der Waals surface area contributed by atoms with Gasteiger partial charge in [0.2, 0.25) is 0 Å². The highest BCUT2D eigenvalue weighted by molar-refractivity contribution is 6.46. The standard InChI is InChI=1S/C21H23N3O4/c1-23(2)12-3-13-24-18(14-4-6-16(25)7-5-14)17(20(27)21(24)28)19(26)15-8-10-22-11-9-15/h4-11,18,25-26H,3,12-13H2,1-2H3/b19-17+. The van der Waals surface area contributed by atoms with E-state index < -0.39 is 17.7 Å². The first-order chi connectivity index (χ1) is 13.4. The van der Waals surface area contributed by atoms with Gasteiger partial charge in [-0.3, -0.25) is 14.6 Å². The molecule has 1 aliphatic rings. The van der Waals surface area contributed by atoms with Gasteiger partial charge in [-0.2, -0.15) is 0 Å². The number of benzene rings is 1. The summed E-state index contributed by atoms with van der Waals surface area (Å²) in [6.45, 7) is 1.14. The number of aromatic hydroxyl groups is 1. The molecule has 28 heavy (non-hydrogen) atoms. The molecule has 0 aliphatic carbocycles. The van der Waals surface area contributed by atoms with Crippen LogP contribution in [0.25, 0.3) is 5.76 Å². The van der Waals surface area contributed by atoms with Crippen molar-refractivity contribution in [3.8, 4) is 5.75 Å². The number of carbonyl (C=O) groups is 2. The summed E-state index contributed by atoms with van der Waals surface area (Å²) >= 11 is 0. The molecule has 0 spiro atoms. The summed E-state index contributed by atoms with van der Waals surface area (Å²) in [7, 11) is 3.88. The maximum absolute atomic E-state index is 12.8. The van der Waals surface area contributed by atoms with Crippen molar-refractivity contribution in [3.05, 3.63) is 65.5 Å². The largest absolute Gasteiger partial charge is 0.508 e. The van der Waals surface area contributed by atoms with E-state index in [1.165, 1.54) is 29.4 Å². The lowest BCUT2D eigenvalue weighted by atomic mass is 9.95. The highest BCUT2D eigenvalue weighted by Crippen LogP contribution is 2.39. The number of ketones is 1. The minimum atomic E-state index is -0.712. The molecule has 0 bridgehead atoms. The molecule has 1 fully saturated rings. The first-order valence-corrected chi connectivity index (χ1v) is 9.02. The van der Waals surface area contributed by atoms with Crippen LogP contribution in [0.4, 0.5) is 0 Å². The van der Waals surface area contributed by atoms with Crippen LogP contribution in [0.5, 0.6) is 5.75 Å². The van der Waals surface area contributed by atoms with Crippen molar-refractivity contribution in [2.45, 2.75) is 12.5 Å². The molecule has 2 aromatic rings. The summed E-state index contributed by atoms with van der Waals surface area (Å²) in [4.78, 5) is 32.9. The van der Waals surface area contributed by atoms with Gasteiger partial charge in [0.25, 0.3) is 11.7 Å². The van der Waals surface area contributed by atoms with E-state index in [4.69, 9.17) is 0 Å². The second-order valence-corrected chi connectivity index (χ2v) is 6.98. The molecule has 2 N–H and O–H groups in total. The van der Waals surface area contributed by atoms with Crippen molar-refractivity contribution in [1.29, 1.82) is 0 Å². The summed E-state index contributed by atoms with van der Waals surface area (Å²) in [5.41, 5.74) is 1.12. The molecule has 7 heteroatoms. The van der Waals surface area contributed by atoms with Crippen LogP contribution in [0.1, 0.15) is 23.6 Å². The van der Waals surface area contributed by atoms with E-state index in [1.807, 2.05) is 19.0 Å². The predicted molar refractivity (Wildman–Crippen MR) is 105 cm³/mol. The smallest absolute Gasteiger partial charge is 0.295 e. The molecular formula is C21H23N3O4. The Kier molecular flexibility index (Phi) is 5.75. The first-order valence-electron chi connectivity index (χ1n) is 9.02. The van der Waals surface area contributed by atoms with E-state index in [9.17, 15) is 19.8 Å². The highest BCUT2D eigenvalue weighted by atomic mass is 16.3. The number of carbonyl (C=O) groups excluding carboxylic acids is 2. The molecule has 1 aromatic carbocycles. The Bertz CT molecular complexity index is 892. The Labute approximate surface area is 163 Å². The summed E-state index contributed by atoms with van der Waals surface area (Å²) in [5.74, 6) is -1.49. The minimum absolute atomic E-state index is 0.0479. The molecule has 1 amide bonds. The molecule has 0 radical (unpaired) electrons. The number of phenols is 1. The number of hydrogen-bond acceptors (Lipinski definition) is 6. The van der Waals surface area contributed by atoms with Gasteiger partial charge < -0.3 is 20.0 Å².